The van der Waals surface area contributed by atoms with Crippen molar-refractivity contribution >= 4 is 11.6 Å². The lowest BCUT2D eigenvalue weighted by Gasteiger charge is -2.31. The van der Waals surface area contributed by atoms with Crippen LogP contribution in [0.2, 0.25) is 0 Å². The van der Waals surface area contributed by atoms with Crippen molar-refractivity contribution in [2.45, 2.75) is 19.9 Å². The number of aryl methyl sites for hydroxylation is 1. The summed E-state index contributed by atoms with van der Waals surface area (Å²) in [6, 6.07) is 8.32. The molecule has 1 heterocycles. The van der Waals surface area contributed by atoms with Crippen molar-refractivity contribution in [3.05, 3.63) is 29.8 Å². The second kappa shape index (κ2) is 5.98. The van der Waals surface area contributed by atoms with Gasteiger partial charge >= 0.3 is 0 Å². The van der Waals surface area contributed by atoms with Crippen molar-refractivity contribution in [3.63, 3.8) is 0 Å². The van der Waals surface area contributed by atoms with Gasteiger partial charge in [-0.3, -0.25) is 9.69 Å². The second-order valence-corrected chi connectivity index (χ2v) is 4.95. The molecular formula is C14H21N3O. The molecule has 0 aliphatic carbocycles. The molecule has 1 aromatic carbocycles. The third-order valence-electron chi connectivity index (χ3n) is 3.24. The molecule has 0 radical (unpaired) electrons. The number of rotatable bonds is 3. The first kappa shape index (κ1) is 13.1. The molecule has 18 heavy (non-hydrogen) atoms. The molecule has 1 fully saturated rings. The minimum absolute atomic E-state index is 0.0680. The Morgan fingerprint density at radius 2 is 2.28 bits per heavy atom. The number of piperazine rings is 1. The highest BCUT2D eigenvalue weighted by Gasteiger charge is 2.17. The molecule has 98 valence electrons. The number of amides is 1. The zero-order chi connectivity index (χ0) is 13.0. The van der Waals surface area contributed by atoms with Crippen molar-refractivity contribution < 1.29 is 4.79 Å². The number of benzene rings is 1. The van der Waals surface area contributed by atoms with Crippen LogP contribution in [-0.2, 0) is 4.79 Å². The summed E-state index contributed by atoms with van der Waals surface area (Å²) in [6.45, 7) is 7.44. The van der Waals surface area contributed by atoms with Gasteiger partial charge in [-0.25, -0.2) is 0 Å². The van der Waals surface area contributed by atoms with Crippen LogP contribution >= 0.6 is 0 Å². The van der Waals surface area contributed by atoms with Crippen molar-refractivity contribution in [2.75, 3.05) is 31.5 Å². The number of nitrogens with zero attached hydrogens (tertiary/aromatic N) is 1. The number of nitrogens with one attached hydrogen (secondary N) is 2. The Kier molecular flexibility index (Phi) is 4.33. The predicted molar refractivity (Wildman–Crippen MR) is 73.7 cm³/mol. The van der Waals surface area contributed by atoms with E-state index in [0.717, 1.165) is 30.9 Å². The maximum Gasteiger partial charge on any atom is 0.238 e. The summed E-state index contributed by atoms with van der Waals surface area (Å²) in [5, 5.41) is 6.34. The number of para-hydroxylation sites is 1. The quantitative estimate of drug-likeness (QED) is 0.844. The fourth-order valence-electron chi connectivity index (χ4n) is 2.26. The van der Waals surface area contributed by atoms with Crippen molar-refractivity contribution in [1.29, 1.82) is 0 Å². The average Bonchev–Trinajstić information content (AvgIpc) is 2.32. The van der Waals surface area contributed by atoms with E-state index in [1.54, 1.807) is 0 Å². The molecule has 1 aliphatic heterocycles. The lowest BCUT2D eigenvalue weighted by Crippen LogP contribution is -2.51. The molecule has 4 nitrogen and oxygen atoms in total. The number of anilines is 1. The van der Waals surface area contributed by atoms with Crippen LogP contribution in [0.5, 0.6) is 0 Å². The van der Waals surface area contributed by atoms with E-state index in [9.17, 15) is 4.79 Å². The minimum Gasteiger partial charge on any atom is -0.325 e. The van der Waals surface area contributed by atoms with Crippen LogP contribution in [0.4, 0.5) is 5.69 Å². The van der Waals surface area contributed by atoms with Crippen molar-refractivity contribution in [3.8, 4) is 0 Å². The molecule has 0 bridgehead atoms. The van der Waals surface area contributed by atoms with Gasteiger partial charge < -0.3 is 10.6 Å². The van der Waals surface area contributed by atoms with Gasteiger partial charge in [-0.15, -0.1) is 0 Å². The monoisotopic (exact) mass is 247 g/mol. The van der Waals surface area contributed by atoms with Crippen LogP contribution in [0, 0.1) is 6.92 Å². The van der Waals surface area contributed by atoms with E-state index in [2.05, 4.69) is 22.5 Å². The van der Waals surface area contributed by atoms with E-state index in [1.807, 2.05) is 31.2 Å². The summed E-state index contributed by atoms with van der Waals surface area (Å²) in [4.78, 5) is 14.2. The normalized spacial score (nSPS) is 20.7. The molecule has 1 unspecified atom stereocenters. The summed E-state index contributed by atoms with van der Waals surface area (Å²) >= 11 is 0. The van der Waals surface area contributed by atoms with Crippen LogP contribution in [-0.4, -0.2) is 43.0 Å². The Morgan fingerprint density at radius 3 is 3.00 bits per heavy atom. The molecule has 0 aromatic heterocycles. The Hall–Kier alpha value is -1.39. The molecule has 2 N–H and O–H groups in total. The molecule has 0 spiro atoms. The molecule has 1 aromatic rings. The molecule has 1 amide bonds. The Labute approximate surface area is 108 Å². The molecule has 4 heteroatoms. The lowest BCUT2D eigenvalue weighted by molar-refractivity contribution is -0.117. The molecule has 1 saturated heterocycles. The Bertz CT molecular complexity index is 419. The zero-order valence-electron chi connectivity index (χ0n) is 11.1. The molecule has 0 saturated carbocycles. The van der Waals surface area contributed by atoms with Gasteiger partial charge in [0, 0.05) is 31.4 Å². The standard InChI is InChI=1S/C14H21N3O/c1-11-5-3-4-6-13(11)16-14(18)10-17-8-7-15-12(2)9-17/h3-6,12,15H,7-10H2,1-2H3,(H,16,18). The van der Waals surface area contributed by atoms with E-state index >= 15 is 0 Å². The highest BCUT2D eigenvalue weighted by molar-refractivity contribution is 5.92. The van der Waals surface area contributed by atoms with Crippen molar-refractivity contribution in [1.82, 2.24) is 10.2 Å². The Balaban J connectivity index is 1.87. The first-order chi connectivity index (χ1) is 8.65. The van der Waals surface area contributed by atoms with Gasteiger partial charge in [0.1, 0.15) is 0 Å². The Morgan fingerprint density at radius 1 is 1.50 bits per heavy atom. The van der Waals surface area contributed by atoms with Gasteiger partial charge in [0.25, 0.3) is 0 Å². The molecule has 2 rings (SSSR count). The van der Waals surface area contributed by atoms with E-state index in [1.165, 1.54) is 0 Å². The number of carbonyl (C=O) groups excluding carboxylic acids is 1. The van der Waals surface area contributed by atoms with Gasteiger partial charge in [-0.05, 0) is 25.5 Å². The van der Waals surface area contributed by atoms with Crippen LogP contribution in [0.15, 0.2) is 24.3 Å². The van der Waals surface area contributed by atoms with Gasteiger partial charge in [0.2, 0.25) is 5.91 Å². The maximum atomic E-state index is 12.0. The van der Waals surface area contributed by atoms with Crippen LogP contribution in [0.3, 0.4) is 0 Å². The van der Waals surface area contributed by atoms with Gasteiger partial charge in [-0.2, -0.15) is 0 Å². The summed E-state index contributed by atoms with van der Waals surface area (Å²) in [7, 11) is 0. The third kappa shape index (κ3) is 3.55. The summed E-state index contributed by atoms with van der Waals surface area (Å²) < 4.78 is 0. The first-order valence-electron chi connectivity index (χ1n) is 6.46. The lowest BCUT2D eigenvalue weighted by atomic mass is 10.2. The van der Waals surface area contributed by atoms with E-state index in [-0.39, 0.29) is 5.91 Å². The minimum atomic E-state index is 0.0680. The number of hydrogen-bond acceptors (Lipinski definition) is 3. The SMILES string of the molecule is Cc1ccccc1NC(=O)CN1CCNC(C)C1. The first-order valence-corrected chi connectivity index (χ1v) is 6.46. The molecular weight excluding hydrogens is 226 g/mol. The van der Waals surface area contributed by atoms with Crippen molar-refractivity contribution in [2.24, 2.45) is 0 Å². The van der Waals surface area contributed by atoms with Gasteiger partial charge in [-0.1, -0.05) is 18.2 Å². The largest absolute Gasteiger partial charge is 0.325 e. The van der Waals surface area contributed by atoms with E-state index < -0.39 is 0 Å². The van der Waals surface area contributed by atoms with Crippen LogP contribution in [0.1, 0.15) is 12.5 Å². The van der Waals surface area contributed by atoms with Crippen LogP contribution in [0.25, 0.3) is 0 Å². The molecule has 1 atom stereocenters. The maximum absolute atomic E-state index is 12.0. The molecule has 1 aliphatic rings. The second-order valence-electron chi connectivity index (χ2n) is 4.95. The van der Waals surface area contributed by atoms with Gasteiger partial charge in [0.15, 0.2) is 0 Å². The van der Waals surface area contributed by atoms with Crippen LogP contribution < -0.4 is 10.6 Å². The summed E-state index contributed by atoms with van der Waals surface area (Å²) in [5.74, 6) is 0.0680. The fraction of sp³-hybridized carbons (Fsp3) is 0.500. The van der Waals surface area contributed by atoms with E-state index in [0.29, 0.717) is 12.6 Å². The predicted octanol–water partition coefficient (Wildman–Crippen LogP) is 1.23. The highest BCUT2D eigenvalue weighted by atomic mass is 16.2. The number of hydrogen-bond donors (Lipinski definition) is 2. The summed E-state index contributed by atoms with van der Waals surface area (Å²) in [5.41, 5.74) is 2.00. The van der Waals surface area contributed by atoms with E-state index in [4.69, 9.17) is 0 Å². The topological polar surface area (TPSA) is 44.4 Å². The zero-order valence-corrected chi connectivity index (χ0v) is 11.1. The summed E-state index contributed by atoms with van der Waals surface area (Å²) in [6.07, 6.45) is 0. The average molecular weight is 247 g/mol. The third-order valence-corrected chi connectivity index (χ3v) is 3.24. The smallest absolute Gasteiger partial charge is 0.238 e. The number of carbonyl (C=O) groups is 1. The highest BCUT2D eigenvalue weighted by Crippen LogP contribution is 2.13. The van der Waals surface area contributed by atoms with Gasteiger partial charge in [0.05, 0.1) is 6.54 Å². The fourth-order valence-corrected chi connectivity index (χ4v) is 2.26.